The molecule has 0 aliphatic rings. The third-order valence-corrected chi connectivity index (χ3v) is 1.78. The molecule has 0 aromatic heterocycles. The first-order valence-corrected chi connectivity index (χ1v) is 4.26. The van der Waals surface area contributed by atoms with Crippen molar-refractivity contribution >= 4 is 0 Å². The molecule has 0 radical (unpaired) electrons. The smallest absolute Gasteiger partial charge is 0.148 e. The fraction of sp³-hybridized carbons (Fsp3) is 0.273. The first-order chi connectivity index (χ1) is 6.65. The fourth-order valence-corrected chi connectivity index (χ4v) is 1.13. The van der Waals surface area contributed by atoms with Crippen LogP contribution < -0.4 is 10.5 Å². The van der Waals surface area contributed by atoms with Crippen LogP contribution in [0.3, 0.4) is 0 Å². The average molecular weight is 193 g/mol. The summed E-state index contributed by atoms with van der Waals surface area (Å²) >= 11 is 0. The summed E-state index contributed by atoms with van der Waals surface area (Å²) in [6.07, 6.45) is 5.04. The molecule has 0 amide bonds. The van der Waals surface area contributed by atoms with E-state index >= 15 is 0 Å². The molecule has 74 valence electrons. The Bertz CT molecular complexity index is 355. The SMILES string of the molecule is C#CCOc1cc(F)ccc1[C@@H](C)N. The Morgan fingerprint density at radius 1 is 1.64 bits per heavy atom. The topological polar surface area (TPSA) is 35.2 Å². The highest BCUT2D eigenvalue weighted by Crippen LogP contribution is 2.24. The van der Waals surface area contributed by atoms with Crippen LogP contribution in [-0.2, 0) is 0 Å². The van der Waals surface area contributed by atoms with Crippen LogP contribution in [0.1, 0.15) is 18.5 Å². The molecule has 0 saturated carbocycles. The van der Waals surface area contributed by atoms with Crippen LogP contribution in [0.5, 0.6) is 5.75 Å². The van der Waals surface area contributed by atoms with Crippen molar-refractivity contribution in [1.82, 2.24) is 0 Å². The van der Waals surface area contributed by atoms with Crippen LogP contribution in [-0.4, -0.2) is 6.61 Å². The molecule has 14 heavy (non-hydrogen) atoms. The van der Waals surface area contributed by atoms with Crippen molar-refractivity contribution in [3.8, 4) is 18.1 Å². The van der Waals surface area contributed by atoms with E-state index in [4.69, 9.17) is 16.9 Å². The lowest BCUT2D eigenvalue weighted by Gasteiger charge is -2.12. The maximum Gasteiger partial charge on any atom is 0.148 e. The standard InChI is InChI=1S/C11H12FNO/c1-3-6-14-11-7-9(12)4-5-10(11)8(2)13/h1,4-5,7-8H,6,13H2,2H3/t8-/m1/s1. The Kier molecular flexibility index (Phi) is 3.49. The lowest BCUT2D eigenvalue weighted by molar-refractivity contribution is 0.361. The predicted molar refractivity (Wildman–Crippen MR) is 53.3 cm³/mol. The zero-order chi connectivity index (χ0) is 10.6. The summed E-state index contributed by atoms with van der Waals surface area (Å²) in [5, 5.41) is 0. The quantitative estimate of drug-likeness (QED) is 0.743. The van der Waals surface area contributed by atoms with Crippen LogP contribution in [0.4, 0.5) is 4.39 Å². The Labute approximate surface area is 82.9 Å². The molecule has 2 nitrogen and oxygen atoms in total. The Balaban J connectivity index is 2.98. The Morgan fingerprint density at radius 3 is 2.93 bits per heavy atom. The van der Waals surface area contributed by atoms with Gasteiger partial charge in [-0.2, -0.15) is 0 Å². The van der Waals surface area contributed by atoms with Crippen LogP contribution in [0.2, 0.25) is 0 Å². The minimum absolute atomic E-state index is 0.114. The number of terminal acetylenes is 1. The second-order valence-corrected chi connectivity index (χ2v) is 2.96. The third kappa shape index (κ3) is 2.48. The van der Waals surface area contributed by atoms with Crippen LogP contribution in [0, 0.1) is 18.2 Å². The van der Waals surface area contributed by atoms with Gasteiger partial charge in [0, 0.05) is 17.7 Å². The van der Waals surface area contributed by atoms with Crippen LogP contribution >= 0.6 is 0 Å². The minimum Gasteiger partial charge on any atom is -0.481 e. The molecular formula is C11H12FNO. The average Bonchev–Trinajstić information content (AvgIpc) is 2.14. The summed E-state index contributed by atoms with van der Waals surface area (Å²) in [5.41, 5.74) is 6.43. The van der Waals surface area contributed by atoms with E-state index < -0.39 is 0 Å². The van der Waals surface area contributed by atoms with E-state index in [0.29, 0.717) is 5.75 Å². The number of ether oxygens (including phenoxy) is 1. The van der Waals surface area contributed by atoms with Gasteiger partial charge in [-0.05, 0) is 13.0 Å². The van der Waals surface area contributed by atoms with Crippen molar-refractivity contribution in [1.29, 1.82) is 0 Å². The highest BCUT2D eigenvalue weighted by Gasteiger charge is 2.08. The van der Waals surface area contributed by atoms with Gasteiger partial charge in [-0.1, -0.05) is 12.0 Å². The van der Waals surface area contributed by atoms with Crippen molar-refractivity contribution in [2.24, 2.45) is 5.73 Å². The lowest BCUT2D eigenvalue weighted by Crippen LogP contribution is -2.08. The van der Waals surface area contributed by atoms with Crippen LogP contribution in [0.25, 0.3) is 0 Å². The minimum atomic E-state index is -0.360. The first kappa shape index (κ1) is 10.6. The van der Waals surface area contributed by atoms with Crippen molar-refractivity contribution in [3.05, 3.63) is 29.6 Å². The lowest BCUT2D eigenvalue weighted by atomic mass is 10.1. The van der Waals surface area contributed by atoms with Gasteiger partial charge in [-0.15, -0.1) is 6.42 Å². The molecule has 0 bridgehead atoms. The van der Waals surface area contributed by atoms with E-state index in [1.54, 1.807) is 13.0 Å². The maximum atomic E-state index is 12.9. The summed E-state index contributed by atoms with van der Waals surface area (Å²) in [6.45, 7) is 1.92. The molecule has 0 unspecified atom stereocenters. The number of nitrogens with two attached hydrogens (primary N) is 1. The number of hydrogen-bond acceptors (Lipinski definition) is 2. The predicted octanol–water partition coefficient (Wildman–Crippen LogP) is 1.86. The van der Waals surface area contributed by atoms with Gasteiger partial charge < -0.3 is 10.5 Å². The van der Waals surface area contributed by atoms with Crippen molar-refractivity contribution in [3.63, 3.8) is 0 Å². The molecule has 2 N–H and O–H groups in total. The van der Waals surface area contributed by atoms with E-state index in [9.17, 15) is 4.39 Å². The zero-order valence-electron chi connectivity index (χ0n) is 7.96. The monoisotopic (exact) mass is 193 g/mol. The van der Waals surface area contributed by atoms with Gasteiger partial charge in [-0.25, -0.2) is 4.39 Å². The summed E-state index contributed by atoms with van der Waals surface area (Å²) in [7, 11) is 0. The summed E-state index contributed by atoms with van der Waals surface area (Å²) in [4.78, 5) is 0. The maximum absolute atomic E-state index is 12.9. The molecular weight excluding hydrogens is 181 g/mol. The van der Waals surface area contributed by atoms with Gasteiger partial charge in [0.25, 0.3) is 0 Å². The summed E-state index contributed by atoms with van der Waals surface area (Å²) < 4.78 is 18.0. The highest BCUT2D eigenvalue weighted by molar-refractivity contribution is 5.36. The molecule has 0 aliphatic carbocycles. The van der Waals surface area contributed by atoms with Crippen molar-refractivity contribution in [2.75, 3.05) is 6.61 Å². The van der Waals surface area contributed by atoms with Gasteiger partial charge in [0.1, 0.15) is 18.2 Å². The molecule has 0 saturated heterocycles. The van der Waals surface area contributed by atoms with Gasteiger partial charge in [-0.3, -0.25) is 0 Å². The van der Waals surface area contributed by atoms with E-state index in [-0.39, 0.29) is 18.5 Å². The molecule has 1 atom stereocenters. The third-order valence-electron chi connectivity index (χ3n) is 1.78. The summed E-state index contributed by atoms with van der Waals surface area (Å²) in [6, 6.07) is 4.03. The van der Waals surface area contributed by atoms with Crippen LogP contribution in [0.15, 0.2) is 18.2 Å². The highest BCUT2D eigenvalue weighted by atomic mass is 19.1. The van der Waals surface area contributed by atoms with E-state index in [0.717, 1.165) is 5.56 Å². The molecule has 1 rings (SSSR count). The first-order valence-electron chi connectivity index (χ1n) is 4.26. The fourth-order valence-electron chi connectivity index (χ4n) is 1.13. The van der Waals surface area contributed by atoms with Gasteiger partial charge in [0.05, 0.1) is 0 Å². The molecule has 1 aromatic carbocycles. The normalized spacial score (nSPS) is 11.9. The number of benzene rings is 1. The molecule has 0 aliphatic heterocycles. The largest absolute Gasteiger partial charge is 0.481 e. The molecule has 0 heterocycles. The van der Waals surface area contributed by atoms with Gasteiger partial charge in [0.2, 0.25) is 0 Å². The zero-order valence-corrected chi connectivity index (χ0v) is 7.96. The molecule has 0 spiro atoms. The van der Waals surface area contributed by atoms with E-state index in [1.807, 2.05) is 0 Å². The second kappa shape index (κ2) is 4.64. The van der Waals surface area contributed by atoms with Gasteiger partial charge in [0.15, 0.2) is 0 Å². The van der Waals surface area contributed by atoms with E-state index in [1.165, 1.54) is 12.1 Å². The van der Waals surface area contributed by atoms with Crippen molar-refractivity contribution in [2.45, 2.75) is 13.0 Å². The number of halogens is 1. The molecule has 3 heteroatoms. The molecule has 0 fully saturated rings. The number of rotatable bonds is 3. The van der Waals surface area contributed by atoms with E-state index in [2.05, 4.69) is 5.92 Å². The summed E-state index contributed by atoms with van der Waals surface area (Å²) in [5.74, 6) is 2.37. The Hall–Kier alpha value is -1.53. The van der Waals surface area contributed by atoms with Crippen molar-refractivity contribution < 1.29 is 9.13 Å². The second-order valence-electron chi connectivity index (χ2n) is 2.96. The number of hydrogen-bond donors (Lipinski definition) is 1. The Morgan fingerprint density at radius 2 is 2.36 bits per heavy atom. The molecule has 1 aromatic rings. The van der Waals surface area contributed by atoms with Gasteiger partial charge >= 0.3 is 0 Å².